The van der Waals surface area contributed by atoms with E-state index in [1.54, 1.807) is 16.8 Å². The van der Waals surface area contributed by atoms with Gasteiger partial charge in [0.05, 0.1) is 0 Å². The lowest BCUT2D eigenvalue weighted by Crippen LogP contribution is -2.46. The van der Waals surface area contributed by atoms with Gasteiger partial charge in [-0.25, -0.2) is 0 Å². The van der Waals surface area contributed by atoms with Gasteiger partial charge in [0.15, 0.2) is 0 Å². The molecule has 0 aromatic rings. The zero-order valence-electron chi connectivity index (χ0n) is 11.9. The van der Waals surface area contributed by atoms with Gasteiger partial charge in [-0.2, -0.15) is 0 Å². The first-order chi connectivity index (χ1) is 9.18. The van der Waals surface area contributed by atoms with Crippen LogP contribution in [0.25, 0.3) is 0 Å². The smallest absolute Gasteiger partial charge is 0.312 e. The van der Waals surface area contributed by atoms with Crippen molar-refractivity contribution >= 4 is 11.8 Å². The van der Waals surface area contributed by atoms with Crippen LogP contribution in [0.2, 0.25) is 0 Å². The van der Waals surface area contributed by atoms with E-state index in [9.17, 15) is 9.59 Å². The normalized spacial score (nSPS) is 21.2. The van der Waals surface area contributed by atoms with Gasteiger partial charge in [-0.05, 0) is 31.7 Å². The van der Waals surface area contributed by atoms with E-state index in [4.69, 9.17) is 0 Å². The van der Waals surface area contributed by atoms with Crippen molar-refractivity contribution in [1.82, 2.24) is 15.1 Å². The summed E-state index contributed by atoms with van der Waals surface area (Å²) in [6, 6.07) is 0. The third kappa shape index (κ3) is 3.93. The maximum absolute atomic E-state index is 12.2. The van der Waals surface area contributed by atoms with Crippen LogP contribution in [-0.4, -0.2) is 61.4 Å². The molecule has 1 saturated heterocycles. The molecule has 0 unspecified atom stereocenters. The predicted octanol–water partition coefficient (Wildman–Crippen LogP) is 0.457. The molecule has 2 aliphatic rings. The summed E-state index contributed by atoms with van der Waals surface area (Å²) in [6.45, 7) is 3.77. The third-order valence-electron chi connectivity index (χ3n) is 4.16. The molecule has 0 aromatic heterocycles. The molecule has 2 rings (SSSR count). The Morgan fingerprint density at radius 3 is 2.63 bits per heavy atom. The van der Waals surface area contributed by atoms with Crippen molar-refractivity contribution in [3.63, 3.8) is 0 Å². The second kappa shape index (κ2) is 6.89. The lowest BCUT2D eigenvalue weighted by molar-refractivity contribution is -0.151. The maximum atomic E-state index is 12.2. The van der Waals surface area contributed by atoms with E-state index < -0.39 is 0 Å². The van der Waals surface area contributed by atoms with E-state index in [-0.39, 0.29) is 11.8 Å². The molecule has 5 heteroatoms. The molecular weight excluding hydrogens is 242 g/mol. The van der Waals surface area contributed by atoms with Crippen molar-refractivity contribution in [2.24, 2.45) is 5.92 Å². The van der Waals surface area contributed by atoms with Gasteiger partial charge in [0.2, 0.25) is 0 Å². The summed E-state index contributed by atoms with van der Waals surface area (Å²) in [6.07, 6.45) is 5.83. The highest BCUT2D eigenvalue weighted by Crippen LogP contribution is 2.25. The first kappa shape index (κ1) is 14.3. The zero-order valence-corrected chi connectivity index (χ0v) is 11.9. The Kier molecular flexibility index (Phi) is 5.19. The average Bonchev–Trinajstić information content (AvgIpc) is 2.77. The molecule has 1 aliphatic carbocycles. The summed E-state index contributed by atoms with van der Waals surface area (Å²) in [7, 11) is 1.76. The second-order valence-electron chi connectivity index (χ2n) is 5.73. The quantitative estimate of drug-likeness (QED) is 0.739. The molecule has 0 spiro atoms. The maximum Gasteiger partial charge on any atom is 0.312 e. The Hall–Kier alpha value is -1.10. The monoisotopic (exact) mass is 267 g/mol. The van der Waals surface area contributed by atoms with E-state index >= 15 is 0 Å². The van der Waals surface area contributed by atoms with Crippen molar-refractivity contribution in [2.75, 3.05) is 39.8 Å². The number of likely N-dealkylation sites (N-methyl/N-ethyl adjacent to an activating group) is 1. The largest absolute Gasteiger partial charge is 0.337 e. The van der Waals surface area contributed by atoms with Crippen LogP contribution >= 0.6 is 0 Å². The van der Waals surface area contributed by atoms with Crippen molar-refractivity contribution in [3.8, 4) is 0 Å². The minimum atomic E-state index is -0.339. The highest BCUT2D eigenvalue weighted by atomic mass is 16.2. The van der Waals surface area contributed by atoms with Gasteiger partial charge in [-0.15, -0.1) is 0 Å². The minimum Gasteiger partial charge on any atom is -0.337 e. The molecule has 19 heavy (non-hydrogen) atoms. The third-order valence-corrected chi connectivity index (χ3v) is 4.16. The molecule has 1 saturated carbocycles. The van der Waals surface area contributed by atoms with Gasteiger partial charge in [-0.1, -0.05) is 12.8 Å². The molecule has 1 N–H and O–H groups in total. The zero-order chi connectivity index (χ0) is 13.7. The first-order valence-electron chi connectivity index (χ1n) is 7.43. The van der Waals surface area contributed by atoms with Crippen LogP contribution in [-0.2, 0) is 9.59 Å². The van der Waals surface area contributed by atoms with Crippen molar-refractivity contribution in [2.45, 2.75) is 32.1 Å². The van der Waals surface area contributed by atoms with Gasteiger partial charge in [0.25, 0.3) is 0 Å². The van der Waals surface area contributed by atoms with E-state index in [1.807, 2.05) is 0 Å². The van der Waals surface area contributed by atoms with Gasteiger partial charge in [0.1, 0.15) is 0 Å². The lowest BCUT2D eigenvalue weighted by Gasteiger charge is -2.25. The molecule has 0 radical (unpaired) electrons. The molecule has 2 fully saturated rings. The Morgan fingerprint density at radius 1 is 1.16 bits per heavy atom. The number of carbonyl (C=O) groups excluding carboxylic acids is 2. The number of rotatable bonds is 2. The van der Waals surface area contributed by atoms with Crippen LogP contribution in [0.5, 0.6) is 0 Å². The lowest BCUT2D eigenvalue weighted by atomic mass is 10.1. The number of hydrogen-bond donors (Lipinski definition) is 1. The Balaban J connectivity index is 1.84. The van der Waals surface area contributed by atoms with Crippen molar-refractivity contribution in [3.05, 3.63) is 0 Å². The Labute approximate surface area is 115 Å². The summed E-state index contributed by atoms with van der Waals surface area (Å²) in [4.78, 5) is 27.6. The molecule has 2 amide bonds. The fraction of sp³-hybridized carbons (Fsp3) is 0.857. The van der Waals surface area contributed by atoms with Crippen LogP contribution in [0.15, 0.2) is 0 Å². The van der Waals surface area contributed by atoms with Crippen LogP contribution in [0.3, 0.4) is 0 Å². The molecule has 108 valence electrons. The van der Waals surface area contributed by atoms with E-state index in [0.29, 0.717) is 19.0 Å². The van der Waals surface area contributed by atoms with E-state index in [1.165, 1.54) is 25.7 Å². The summed E-state index contributed by atoms with van der Waals surface area (Å²) < 4.78 is 0. The predicted molar refractivity (Wildman–Crippen MR) is 73.7 cm³/mol. The molecule has 0 atom stereocenters. The fourth-order valence-corrected chi connectivity index (χ4v) is 3.01. The molecule has 0 aromatic carbocycles. The number of amides is 2. The summed E-state index contributed by atoms with van der Waals surface area (Å²) in [5, 5.41) is 3.24. The summed E-state index contributed by atoms with van der Waals surface area (Å²) in [5.41, 5.74) is 0. The topological polar surface area (TPSA) is 52.7 Å². The minimum absolute atomic E-state index is 0.329. The molecule has 5 nitrogen and oxygen atoms in total. The molecule has 1 heterocycles. The van der Waals surface area contributed by atoms with Gasteiger partial charge < -0.3 is 15.1 Å². The van der Waals surface area contributed by atoms with Crippen molar-refractivity contribution in [1.29, 1.82) is 0 Å². The average molecular weight is 267 g/mol. The van der Waals surface area contributed by atoms with Gasteiger partial charge in [-0.3, -0.25) is 9.59 Å². The summed E-state index contributed by atoms with van der Waals surface area (Å²) >= 11 is 0. The molecule has 1 aliphatic heterocycles. The van der Waals surface area contributed by atoms with Crippen LogP contribution in [0.1, 0.15) is 32.1 Å². The van der Waals surface area contributed by atoms with Gasteiger partial charge in [0, 0.05) is 33.2 Å². The Bertz CT molecular complexity index is 319. The SMILES string of the molecule is CN(CC1CCCC1)C(=O)C(=O)N1CCCNCC1. The van der Waals surface area contributed by atoms with Crippen LogP contribution in [0, 0.1) is 5.92 Å². The molecular formula is C14H25N3O2. The number of hydrogen-bond acceptors (Lipinski definition) is 3. The van der Waals surface area contributed by atoms with E-state index in [0.717, 1.165) is 26.1 Å². The summed E-state index contributed by atoms with van der Waals surface area (Å²) in [5.74, 6) is -0.0782. The van der Waals surface area contributed by atoms with Gasteiger partial charge >= 0.3 is 11.8 Å². The van der Waals surface area contributed by atoms with Crippen molar-refractivity contribution < 1.29 is 9.59 Å². The highest BCUT2D eigenvalue weighted by molar-refractivity contribution is 6.34. The fourth-order valence-electron chi connectivity index (χ4n) is 3.01. The number of nitrogens with one attached hydrogen (secondary N) is 1. The second-order valence-corrected chi connectivity index (χ2v) is 5.73. The van der Waals surface area contributed by atoms with Crippen LogP contribution in [0.4, 0.5) is 0 Å². The standard InChI is InChI=1S/C14H25N3O2/c1-16(11-12-5-2-3-6-12)13(18)14(19)17-9-4-7-15-8-10-17/h12,15H,2-11H2,1H3. The number of nitrogens with zero attached hydrogens (tertiary/aromatic N) is 2. The first-order valence-corrected chi connectivity index (χ1v) is 7.43. The molecule has 0 bridgehead atoms. The van der Waals surface area contributed by atoms with E-state index in [2.05, 4.69) is 5.32 Å². The Morgan fingerprint density at radius 2 is 1.89 bits per heavy atom. The van der Waals surface area contributed by atoms with Crippen LogP contribution < -0.4 is 5.32 Å². The number of carbonyl (C=O) groups is 2. The highest BCUT2D eigenvalue weighted by Gasteiger charge is 2.27.